The summed E-state index contributed by atoms with van der Waals surface area (Å²) >= 11 is 3.44. The second-order valence-corrected chi connectivity index (χ2v) is 8.55. The van der Waals surface area contributed by atoms with Crippen LogP contribution in [0.2, 0.25) is 0 Å². The number of nitrogens with zero attached hydrogens (tertiary/aromatic N) is 1. The van der Waals surface area contributed by atoms with Gasteiger partial charge in [0.05, 0.1) is 17.8 Å². The molecule has 0 aromatic carbocycles. The molecule has 8 heteroatoms. The second-order valence-electron chi connectivity index (χ2n) is 6.08. The summed E-state index contributed by atoms with van der Waals surface area (Å²) in [5.74, 6) is 1.02. The quantitative estimate of drug-likeness (QED) is 0.541. The van der Waals surface area contributed by atoms with Crippen LogP contribution >= 0.6 is 23.1 Å². The Bertz CT molecular complexity index is 585. The zero-order valence-corrected chi connectivity index (χ0v) is 15.0. The number of anilines is 1. The Hall–Kier alpha value is -1.28. The van der Waals surface area contributed by atoms with E-state index in [2.05, 4.69) is 20.9 Å². The first-order valence-electron chi connectivity index (χ1n) is 7.95. The van der Waals surface area contributed by atoms with Gasteiger partial charge in [-0.05, 0) is 26.7 Å². The molecular formula is C15H22N4O2S2. The van der Waals surface area contributed by atoms with Crippen LogP contribution in [0.15, 0.2) is 0 Å². The van der Waals surface area contributed by atoms with E-state index in [0.29, 0.717) is 16.8 Å². The minimum Gasteiger partial charge on any atom is -0.332 e. The number of nitrogens with one attached hydrogen (secondary N) is 3. The van der Waals surface area contributed by atoms with Crippen molar-refractivity contribution in [1.82, 2.24) is 15.6 Å². The molecule has 2 saturated heterocycles. The van der Waals surface area contributed by atoms with Gasteiger partial charge in [-0.2, -0.15) is 11.8 Å². The van der Waals surface area contributed by atoms with E-state index in [4.69, 9.17) is 0 Å². The maximum absolute atomic E-state index is 11.9. The van der Waals surface area contributed by atoms with Crippen LogP contribution in [0.1, 0.15) is 36.3 Å². The molecule has 0 bridgehead atoms. The van der Waals surface area contributed by atoms with Crippen molar-refractivity contribution in [2.75, 3.05) is 11.1 Å². The third-order valence-corrected chi connectivity index (χ3v) is 6.85. The van der Waals surface area contributed by atoms with Crippen LogP contribution in [0.5, 0.6) is 0 Å². The highest BCUT2D eigenvalue weighted by atomic mass is 32.2. The Morgan fingerprint density at radius 1 is 1.35 bits per heavy atom. The average Bonchev–Trinajstić information content (AvgIpc) is 3.11. The maximum atomic E-state index is 11.9. The largest absolute Gasteiger partial charge is 0.332 e. The van der Waals surface area contributed by atoms with Crippen LogP contribution in [-0.4, -0.2) is 40.0 Å². The zero-order chi connectivity index (χ0) is 16.4. The molecule has 3 rings (SSSR count). The molecule has 3 N–H and O–H groups in total. The SMILES string of the molecule is Cc1nc(NC(=O)CCCC[C@@H]2SC[C@H]3NC(=O)N[C@@H]23)sc1C. The minimum absolute atomic E-state index is 0.0338. The van der Waals surface area contributed by atoms with Gasteiger partial charge in [0, 0.05) is 22.3 Å². The third kappa shape index (κ3) is 3.98. The molecule has 126 valence electrons. The molecule has 2 aliphatic rings. The van der Waals surface area contributed by atoms with E-state index in [1.807, 2.05) is 25.6 Å². The lowest BCUT2D eigenvalue weighted by atomic mass is 10.0. The number of rotatable bonds is 6. The van der Waals surface area contributed by atoms with Gasteiger partial charge in [0.1, 0.15) is 0 Å². The Labute approximate surface area is 144 Å². The summed E-state index contributed by atoms with van der Waals surface area (Å²) in [7, 11) is 0. The number of fused-ring (bicyclic) bond motifs is 1. The lowest BCUT2D eigenvalue weighted by Gasteiger charge is -2.16. The predicted molar refractivity (Wildman–Crippen MR) is 94.2 cm³/mol. The topological polar surface area (TPSA) is 83.1 Å². The lowest BCUT2D eigenvalue weighted by molar-refractivity contribution is -0.116. The number of urea groups is 1. The van der Waals surface area contributed by atoms with E-state index in [1.165, 1.54) is 11.3 Å². The van der Waals surface area contributed by atoms with Crippen LogP contribution in [-0.2, 0) is 4.79 Å². The third-order valence-electron chi connectivity index (χ3n) is 4.36. The minimum atomic E-state index is -0.0429. The van der Waals surface area contributed by atoms with Gasteiger partial charge in [-0.3, -0.25) is 4.79 Å². The van der Waals surface area contributed by atoms with Gasteiger partial charge in [-0.25, -0.2) is 9.78 Å². The van der Waals surface area contributed by atoms with Gasteiger partial charge in [-0.1, -0.05) is 6.42 Å². The molecule has 0 saturated carbocycles. The van der Waals surface area contributed by atoms with Crippen molar-refractivity contribution in [3.63, 3.8) is 0 Å². The van der Waals surface area contributed by atoms with E-state index in [9.17, 15) is 9.59 Å². The molecule has 1 aromatic heterocycles. The number of hydrogen-bond acceptors (Lipinski definition) is 5. The molecular weight excluding hydrogens is 332 g/mol. The van der Waals surface area contributed by atoms with Crippen LogP contribution in [0, 0.1) is 13.8 Å². The van der Waals surface area contributed by atoms with Gasteiger partial charge < -0.3 is 16.0 Å². The van der Waals surface area contributed by atoms with Gasteiger partial charge in [-0.15, -0.1) is 11.3 Å². The smallest absolute Gasteiger partial charge is 0.315 e. The summed E-state index contributed by atoms with van der Waals surface area (Å²) < 4.78 is 0. The Morgan fingerprint density at radius 3 is 2.91 bits per heavy atom. The van der Waals surface area contributed by atoms with Crippen molar-refractivity contribution >= 4 is 40.2 Å². The summed E-state index contributed by atoms with van der Waals surface area (Å²) in [6, 6.07) is 0.485. The first kappa shape index (κ1) is 16.6. The number of thiazole rings is 1. The summed E-state index contributed by atoms with van der Waals surface area (Å²) in [5.41, 5.74) is 0.977. The highest BCUT2D eigenvalue weighted by Gasteiger charge is 2.42. The van der Waals surface area contributed by atoms with Crippen molar-refractivity contribution in [1.29, 1.82) is 0 Å². The summed E-state index contributed by atoms with van der Waals surface area (Å²) in [5, 5.41) is 9.97. The number of thioether (sulfide) groups is 1. The number of carbonyl (C=O) groups excluding carboxylic acids is 2. The van der Waals surface area contributed by atoms with Crippen molar-refractivity contribution in [2.45, 2.75) is 56.9 Å². The van der Waals surface area contributed by atoms with Crippen molar-refractivity contribution in [2.24, 2.45) is 0 Å². The van der Waals surface area contributed by atoms with E-state index < -0.39 is 0 Å². The molecule has 0 unspecified atom stereocenters. The fourth-order valence-electron chi connectivity index (χ4n) is 2.98. The highest BCUT2D eigenvalue weighted by Crippen LogP contribution is 2.33. The molecule has 2 aliphatic heterocycles. The lowest BCUT2D eigenvalue weighted by Crippen LogP contribution is -2.36. The molecule has 3 heterocycles. The number of aromatic nitrogens is 1. The molecule has 3 amide bonds. The number of amides is 3. The summed E-state index contributed by atoms with van der Waals surface area (Å²) in [6.45, 7) is 3.95. The van der Waals surface area contributed by atoms with Crippen molar-refractivity contribution in [3.05, 3.63) is 10.6 Å². The maximum Gasteiger partial charge on any atom is 0.315 e. The number of carbonyl (C=O) groups is 2. The first-order chi connectivity index (χ1) is 11.0. The number of hydrogen-bond donors (Lipinski definition) is 3. The van der Waals surface area contributed by atoms with Crippen molar-refractivity contribution < 1.29 is 9.59 Å². The normalized spacial score (nSPS) is 25.8. The van der Waals surface area contributed by atoms with Crippen LogP contribution < -0.4 is 16.0 Å². The molecule has 0 spiro atoms. The average molecular weight is 355 g/mol. The molecule has 0 aliphatic carbocycles. The van der Waals surface area contributed by atoms with Gasteiger partial charge in [0.2, 0.25) is 5.91 Å². The highest BCUT2D eigenvalue weighted by molar-refractivity contribution is 8.00. The zero-order valence-electron chi connectivity index (χ0n) is 13.3. The monoisotopic (exact) mass is 354 g/mol. The fraction of sp³-hybridized carbons (Fsp3) is 0.667. The van der Waals surface area contributed by atoms with E-state index in [0.717, 1.165) is 35.6 Å². The summed E-state index contributed by atoms with van der Waals surface area (Å²) in [4.78, 5) is 28.7. The second kappa shape index (κ2) is 7.09. The predicted octanol–water partition coefficient (Wildman–Crippen LogP) is 2.42. The van der Waals surface area contributed by atoms with Gasteiger partial charge in [0.25, 0.3) is 0 Å². The van der Waals surface area contributed by atoms with Crippen LogP contribution in [0.3, 0.4) is 0 Å². The molecule has 6 nitrogen and oxygen atoms in total. The Kier molecular flexibility index (Phi) is 5.11. The standard InChI is InChI=1S/C15H22N4O2S2/c1-8-9(2)23-15(16-8)18-12(20)6-4-3-5-11-13-10(7-22-11)17-14(21)19-13/h10-11,13H,3-7H2,1-2H3,(H,16,18,20)(H2,17,19,21)/t10-,11+,13-/m1/s1. The number of unbranched alkanes of at least 4 members (excludes halogenated alkanes) is 1. The van der Waals surface area contributed by atoms with E-state index >= 15 is 0 Å². The number of aryl methyl sites for hydroxylation is 2. The van der Waals surface area contributed by atoms with Gasteiger partial charge >= 0.3 is 6.03 Å². The Balaban J connectivity index is 1.35. The first-order valence-corrected chi connectivity index (χ1v) is 9.82. The fourth-order valence-corrected chi connectivity index (χ4v) is 5.36. The molecule has 23 heavy (non-hydrogen) atoms. The van der Waals surface area contributed by atoms with Gasteiger partial charge in [0.15, 0.2) is 5.13 Å². The van der Waals surface area contributed by atoms with Crippen LogP contribution in [0.4, 0.5) is 9.93 Å². The van der Waals surface area contributed by atoms with Crippen LogP contribution in [0.25, 0.3) is 0 Å². The van der Waals surface area contributed by atoms with E-state index in [1.54, 1.807) is 0 Å². The summed E-state index contributed by atoms with van der Waals surface area (Å²) in [6.07, 6.45) is 3.43. The molecule has 2 fully saturated rings. The molecule has 0 radical (unpaired) electrons. The van der Waals surface area contributed by atoms with Crippen molar-refractivity contribution in [3.8, 4) is 0 Å². The Morgan fingerprint density at radius 2 is 2.17 bits per heavy atom. The van der Waals surface area contributed by atoms with E-state index in [-0.39, 0.29) is 24.0 Å². The molecule has 1 aromatic rings. The molecule has 3 atom stereocenters.